The van der Waals surface area contributed by atoms with Gasteiger partial charge in [0.25, 0.3) is 0 Å². The first kappa shape index (κ1) is 17.6. The molecule has 23 heavy (non-hydrogen) atoms. The Hall–Kier alpha value is -1.80. The topological polar surface area (TPSA) is 76.1 Å². The minimum absolute atomic E-state index is 0.0709. The number of rotatable bonds is 8. The van der Waals surface area contributed by atoms with Crippen LogP contribution in [0.5, 0.6) is 5.75 Å². The summed E-state index contributed by atoms with van der Waals surface area (Å²) in [6.07, 6.45) is 1.03. The number of carbonyl (C=O) groups excluding carboxylic acids is 1. The van der Waals surface area contributed by atoms with E-state index in [1.54, 1.807) is 7.11 Å². The largest absolute Gasteiger partial charge is 0.497 e. The molecule has 0 radical (unpaired) electrons. The highest BCUT2D eigenvalue weighted by Crippen LogP contribution is 2.29. The fraction of sp³-hybridized carbons (Fsp3) is 0.400. The van der Waals surface area contributed by atoms with E-state index in [-0.39, 0.29) is 11.2 Å². The molecule has 2 rings (SSSR count). The summed E-state index contributed by atoms with van der Waals surface area (Å²) in [5.41, 5.74) is 0.741. The average molecular weight is 352 g/mol. The molecule has 1 amide bonds. The van der Waals surface area contributed by atoms with Crippen LogP contribution in [0.1, 0.15) is 20.3 Å². The van der Waals surface area contributed by atoms with Gasteiger partial charge in [-0.3, -0.25) is 4.79 Å². The summed E-state index contributed by atoms with van der Waals surface area (Å²) in [5.74, 6) is 0.685. The lowest BCUT2D eigenvalue weighted by atomic mass is 10.3. The quantitative estimate of drug-likeness (QED) is 0.708. The van der Waals surface area contributed by atoms with E-state index in [4.69, 9.17) is 4.74 Å². The number of aromatic nitrogens is 2. The first-order valence-electron chi connectivity index (χ1n) is 7.31. The van der Waals surface area contributed by atoms with Crippen molar-refractivity contribution in [3.8, 4) is 5.75 Å². The monoisotopic (exact) mass is 352 g/mol. The van der Waals surface area contributed by atoms with Crippen molar-refractivity contribution in [2.75, 3.05) is 24.3 Å². The second kappa shape index (κ2) is 8.73. The molecule has 0 saturated heterocycles. The minimum Gasteiger partial charge on any atom is -0.497 e. The number of benzene rings is 1. The third-order valence-electron chi connectivity index (χ3n) is 2.94. The molecule has 1 unspecified atom stereocenters. The summed E-state index contributed by atoms with van der Waals surface area (Å²) < 4.78 is 5.87. The van der Waals surface area contributed by atoms with E-state index in [0.29, 0.717) is 0 Å². The molecule has 0 bridgehead atoms. The third kappa shape index (κ3) is 5.40. The molecular formula is C15H20N4O2S2. The normalized spacial score (nSPS) is 11.8. The highest BCUT2D eigenvalue weighted by molar-refractivity contribution is 8.02. The van der Waals surface area contributed by atoms with Crippen LogP contribution < -0.4 is 15.4 Å². The summed E-state index contributed by atoms with van der Waals surface area (Å²) in [4.78, 5) is 12.2. The van der Waals surface area contributed by atoms with Gasteiger partial charge in [0.05, 0.1) is 12.4 Å². The number of methoxy groups -OCH3 is 1. The number of ether oxygens (including phenoxy) is 1. The molecule has 0 aliphatic rings. The van der Waals surface area contributed by atoms with Gasteiger partial charge in [-0.25, -0.2) is 0 Å². The molecule has 0 aliphatic carbocycles. The van der Waals surface area contributed by atoms with E-state index >= 15 is 0 Å². The number of anilines is 2. The smallest absolute Gasteiger partial charge is 0.237 e. The van der Waals surface area contributed by atoms with Gasteiger partial charge in [-0.1, -0.05) is 30.0 Å². The predicted octanol–water partition coefficient (Wildman–Crippen LogP) is 3.49. The molecule has 1 heterocycles. The van der Waals surface area contributed by atoms with Crippen LogP contribution in [-0.4, -0.2) is 35.0 Å². The zero-order valence-corrected chi connectivity index (χ0v) is 15.0. The fourth-order valence-electron chi connectivity index (χ4n) is 1.68. The maximum absolute atomic E-state index is 12.2. The van der Waals surface area contributed by atoms with Gasteiger partial charge in [0.1, 0.15) is 5.75 Å². The van der Waals surface area contributed by atoms with Gasteiger partial charge in [0.2, 0.25) is 11.0 Å². The van der Waals surface area contributed by atoms with Crippen molar-refractivity contribution in [2.45, 2.75) is 29.9 Å². The van der Waals surface area contributed by atoms with Crippen LogP contribution in [0.3, 0.4) is 0 Å². The van der Waals surface area contributed by atoms with Gasteiger partial charge >= 0.3 is 0 Å². The maximum Gasteiger partial charge on any atom is 0.237 e. The van der Waals surface area contributed by atoms with E-state index in [1.807, 2.05) is 31.2 Å². The van der Waals surface area contributed by atoms with Gasteiger partial charge in [0, 0.05) is 12.2 Å². The lowest BCUT2D eigenvalue weighted by Crippen LogP contribution is -2.22. The van der Waals surface area contributed by atoms with Crippen LogP contribution in [0.2, 0.25) is 0 Å². The van der Waals surface area contributed by atoms with Crippen LogP contribution in [0.15, 0.2) is 28.6 Å². The highest BCUT2D eigenvalue weighted by atomic mass is 32.2. The Labute approximate surface area is 144 Å². The lowest BCUT2D eigenvalue weighted by Gasteiger charge is -2.10. The van der Waals surface area contributed by atoms with Crippen LogP contribution >= 0.6 is 23.1 Å². The number of carbonyl (C=O) groups is 1. The third-order valence-corrected chi connectivity index (χ3v) is 5.00. The molecule has 0 aliphatic heterocycles. The average Bonchev–Trinajstić information content (AvgIpc) is 3.01. The van der Waals surface area contributed by atoms with Crippen LogP contribution in [0.4, 0.5) is 10.8 Å². The van der Waals surface area contributed by atoms with Crippen LogP contribution in [0, 0.1) is 0 Å². The number of hydrogen-bond donors (Lipinski definition) is 2. The first-order valence-corrected chi connectivity index (χ1v) is 9.01. The number of hydrogen-bond acceptors (Lipinski definition) is 7. The standard InChI is InChI=1S/C15H20N4O2S2/c1-4-9-16-14-18-19-15(23-14)22-10(2)13(20)17-11-5-7-12(21-3)8-6-11/h5-8,10H,4,9H2,1-3H3,(H,16,18)(H,17,20). The zero-order chi connectivity index (χ0) is 16.7. The molecule has 0 spiro atoms. The molecule has 8 heteroatoms. The van der Waals surface area contributed by atoms with Gasteiger partial charge < -0.3 is 15.4 Å². The molecular weight excluding hydrogens is 332 g/mol. The summed E-state index contributed by atoms with van der Waals surface area (Å²) in [6.45, 7) is 4.81. The maximum atomic E-state index is 12.2. The Balaban J connectivity index is 1.87. The molecule has 1 atom stereocenters. The Kier molecular flexibility index (Phi) is 6.66. The van der Waals surface area contributed by atoms with Crippen molar-refractivity contribution >= 4 is 39.8 Å². The highest BCUT2D eigenvalue weighted by Gasteiger charge is 2.17. The molecule has 1 aromatic heterocycles. The molecule has 2 aromatic rings. The molecule has 0 fully saturated rings. The van der Waals surface area contributed by atoms with E-state index in [2.05, 4.69) is 27.8 Å². The predicted molar refractivity (Wildman–Crippen MR) is 95.6 cm³/mol. The summed E-state index contributed by atoms with van der Waals surface area (Å²) in [6, 6.07) is 7.24. The van der Waals surface area contributed by atoms with Gasteiger partial charge in [0.15, 0.2) is 4.34 Å². The Bertz CT molecular complexity index is 631. The van der Waals surface area contributed by atoms with Crippen molar-refractivity contribution in [2.24, 2.45) is 0 Å². The second-order valence-electron chi connectivity index (χ2n) is 4.78. The van der Waals surface area contributed by atoms with Gasteiger partial charge in [-0.15, -0.1) is 10.2 Å². The van der Waals surface area contributed by atoms with Gasteiger partial charge in [-0.05, 0) is 37.6 Å². The molecule has 1 aromatic carbocycles. The lowest BCUT2D eigenvalue weighted by molar-refractivity contribution is -0.115. The van der Waals surface area contributed by atoms with E-state index in [9.17, 15) is 4.79 Å². The van der Waals surface area contributed by atoms with Crippen molar-refractivity contribution < 1.29 is 9.53 Å². The van der Waals surface area contributed by atoms with E-state index < -0.39 is 0 Å². The van der Waals surface area contributed by atoms with Gasteiger partial charge in [-0.2, -0.15) is 0 Å². The number of nitrogens with zero attached hydrogens (tertiary/aromatic N) is 2. The molecule has 2 N–H and O–H groups in total. The van der Waals surface area contributed by atoms with Crippen molar-refractivity contribution in [1.82, 2.24) is 10.2 Å². The number of thioether (sulfide) groups is 1. The van der Waals surface area contributed by atoms with Crippen LogP contribution in [-0.2, 0) is 4.79 Å². The molecule has 124 valence electrons. The SMILES string of the molecule is CCCNc1nnc(SC(C)C(=O)Nc2ccc(OC)cc2)s1. The van der Waals surface area contributed by atoms with Crippen LogP contribution in [0.25, 0.3) is 0 Å². The minimum atomic E-state index is -0.260. The first-order chi connectivity index (χ1) is 11.1. The van der Waals surface area contributed by atoms with E-state index in [0.717, 1.165) is 33.9 Å². The summed E-state index contributed by atoms with van der Waals surface area (Å²) in [5, 5.41) is 14.7. The second-order valence-corrected chi connectivity index (χ2v) is 7.34. The summed E-state index contributed by atoms with van der Waals surface area (Å²) >= 11 is 2.86. The molecule has 6 nitrogen and oxygen atoms in total. The van der Waals surface area contributed by atoms with Crippen molar-refractivity contribution in [3.63, 3.8) is 0 Å². The van der Waals surface area contributed by atoms with Crippen molar-refractivity contribution in [3.05, 3.63) is 24.3 Å². The number of nitrogens with one attached hydrogen (secondary N) is 2. The van der Waals surface area contributed by atoms with E-state index in [1.165, 1.54) is 23.1 Å². The Morgan fingerprint density at radius 2 is 2.09 bits per heavy atom. The Morgan fingerprint density at radius 3 is 2.74 bits per heavy atom. The summed E-state index contributed by atoms with van der Waals surface area (Å²) in [7, 11) is 1.61. The molecule has 0 saturated carbocycles. The Morgan fingerprint density at radius 1 is 1.35 bits per heavy atom. The van der Waals surface area contributed by atoms with Crippen molar-refractivity contribution in [1.29, 1.82) is 0 Å². The number of amides is 1. The fourth-order valence-corrected chi connectivity index (χ4v) is 3.61. The zero-order valence-electron chi connectivity index (χ0n) is 13.3.